The van der Waals surface area contributed by atoms with Crippen molar-refractivity contribution in [1.29, 1.82) is 0 Å². The lowest BCUT2D eigenvalue weighted by Crippen LogP contribution is -2.55. The number of alkyl halides is 6. The summed E-state index contributed by atoms with van der Waals surface area (Å²) in [5.41, 5.74) is -0.637. The van der Waals surface area contributed by atoms with E-state index in [1.807, 2.05) is 0 Å². The van der Waals surface area contributed by atoms with E-state index in [1.165, 1.54) is 0 Å². The first-order valence-corrected chi connectivity index (χ1v) is 5.23. The second kappa shape index (κ2) is 4.40. The number of hydrogen-bond acceptors (Lipinski definition) is 4. The summed E-state index contributed by atoms with van der Waals surface area (Å²) in [5.74, 6) is -5.36. The zero-order chi connectivity index (χ0) is 16.1. The van der Waals surface area contributed by atoms with Crippen LogP contribution >= 0.6 is 0 Å². The minimum Gasteiger partial charge on any atom is -0.440 e. The predicted molar refractivity (Wildman–Crippen MR) is 53.8 cm³/mol. The highest BCUT2D eigenvalue weighted by Gasteiger charge is 2.67. The van der Waals surface area contributed by atoms with E-state index in [0.717, 1.165) is 12.1 Å². The summed E-state index contributed by atoms with van der Waals surface area (Å²) in [7, 11) is 0. The van der Waals surface area contributed by atoms with E-state index in [-0.39, 0.29) is 0 Å². The number of halogens is 6. The van der Waals surface area contributed by atoms with Crippen molar-refractivity contribution in [2.24, 2.45) is 0 Å². The van der Waals surface area contributed by atoms with Crippen LogP contribution in [0.15, 0.2) is 18.2 Å². The van der Waals surface area contributed by atoms with Crippen molar-refractivity contribution in [3.05, 3.63) is 28.3 Å². The van der Waals surface area contributed by atoms with Crippen molar-refractivity contribution in [3.8, 4) is 11.5 Å². The molecule has 1 unspecified atom stereocenters. The van der Waals surface area contributed by atoms with Crippen LogP contribution in [0.1, 0.15) is 6.42 Å². The van der Waals surface area contributed by atoms with Gasteiger partial charge < -0.3 is 9.47 Å². The highest BCUT2D eigenvalue weighted by Crippen LogP contribution is 2.51. The van der Waals surface area contributed by atoms with Crippen molar-refractivity contribution in [3.63, 3.8) is 0 Å². The Morgan fingerprint density at radius 2 is 1.67 bits per heavy atom. The van der Waals surface area contributed by atoms with Crippen LogP contribution in [0.4, 0.5) is 32.0 Å². The quantitative estimate of drug-likeness (QED) is 0.475. The summed E-state index contributed by atoms with van der Waals surface area (Å²) in [5, 5.41) is 10.5. The summed E-state index contributed by atoms with van der Waals surface area (Å²) in [6.45, 7) is 0. The zero-order valence-corrected chi connectivity index (χ0v) is 9.79. The minimum atomic E-state index is -5.49. The number of non-ortho nitro benzene ring substituents is 1. The normalized spacial score (nSPS) is 21.4. The number of ether oxygens (including phenoxy) is 2. The van der Waals surface area contributed by atoms with Crippen molar-refractivity contribution in [1.82, 2.24) is 0 Å². The van der Waals surface area contributed by atoms with Crippen molar-refractivity contribution >= 4 is 5.69 Å². The molecule has 1 atom stereocenters. The smallest absolute Gasteiger partial charge is 0.440 e. The fraction of sp³-hybridized carbons (Fsp3) is 0.400. The Hall–Kier alpha value is -2.20. The number of fused-ring (bicyclic) bond motifs is 1. The third-order valence-corrected chi connectivity index (χ3v) is 2.55. The largest absolute Gasteiger partial charge is 0.468 e. The van der Waals surface area contributed by atoms with E-state index in [2.05, 4.69) is 9.47 Å². The Balaban J connectivity index is 2.42. The lowest BCUT2D eigenvalue weighted by atomic mass is 10.2. The maximum absolute atomic E-state index is 12.9. The van der Waals surface area contributed by atoms with Gasteiger partial charge in [0.25, 0.3) is 5.69 Å². The number of nitrogens with zero attached hydrogens (tertiary/aromatic N) is 1. The molecule has 21 heavy (non-hydrogen) atoms. The van der Waals surface area contributed by atoms with E-state index in [4.69, 9.17) is 0 Å². The number of hydrogen-bond donors (Lipinski definition) is 0. The van der Waals surface area contributed by atoms with Gasteiger partial charge in [0.1, 0.15) is 6.42 Å². The topological polar surface area (TPSA) is 61.6 Å². The second-order valence-electron chi connectivity index (χ2n) is 4.13. The van der Waals surface area contributed by atoms with Crippen LogP contribution in [-0.4, -0.2) is 23.1 Å². The Morgan fingerprint density at radius 1 is 1.10 bits per heavy atom. The molecule has 1 aliphatic rings. The molecule has 1 aromatic carbocycles. The molecule has 0 fully saturated rings. The van der Waals surface area contributed by atoms with E-state index in [1.54, 1.807) is 0 Å². The molecule has 2 rings (SSSR count). The van der Waals surface area contributed by atoms with Gasteiger partial charge >= 0.3 is 18.1 Å². The molecule has 0 bridgehead atoms. The lowest BCUT2D eigenvalue weighted by molar-refractivity contribution is -0.385. The van der Waals surface area contributed by atoms with Gasteiger partial charge in [0, 0.05) is 6.07 Å². The van der Waals surface area contributed by atoms with Gasteiger partial charge in [-0.1, -0.05) is 0 Å². The highest BCUT2D eigenvalue weighted by molar-refractivity contribution is 5.51. The van der Waals surface area contributed by atoms with Gasteiger partial charge in [-0.05, 0) is 6.07 Å². The van der Waals surface area contributed by atoms with Gasteiger partial charge in [0.05, 0.1) is 11.0 Å². The molecule has 0 spiro atoms. The Morgan fingerprint density at radius 3 is 2.14 bits per heavy atom. The standard InChI is InChI=1S/C10H5F6NO4/c11-9(12,13)4-8(10(14,15)16)20-6-2-1-5(17(18)19)3-7(6)21-8/h1-3H,4H2. The van der Waals surface area contributed by atoms with Crippen molar-refractivity contribution in [2.75, 3.05) is 0 Å². The van der Waals surface area contributed by atoms with Gasteiger partial charge in [0.15, 0.2) is 11.5 Å². The van der Waals surface area contributed by atoms with E-state index < -0.39 is 46.7 Å². The average Bonchev–Trinajstić information content (AvgIpc) is 2.63. The van der Waals surface area contributed by atoms with E-state index in [0.29, 0.717) is 6.07 Å². The molecule has 0 N–H and O–H groups in total. The maximum atomic E-state index is 12.9. The molecule has 1 aromatic rings. The molecule has 1 heterocycles. The molecular formula is C10H5F6NO4. The van der Waals surface area contributed by atoms with Gasteiger partial charge in [-0.2, -0.15) is 26.3 Å². The van der Waals surface area contributed by atoms with Gasteiger partial charge in [-0.25, -0.2) is 0 Å². The lowest BCUT2D eigenvalue weighted by Gasteiger charge is -2.30. The van der Waals surface area contributed by atoms with Crippen LogP contribution in [-0.2, 0) is 0 Å². The molecule has 0 saturated carbocycles. The molecular weight excluding hydrogens is 312 g/mol. The molecule has 116 valence electrons. The maximum Gasteiger partial charge on any atom is 0.468 e. The second-order valence-corrected chi connectivity index (χ2v) is 4.13. The predicted octanol–water partition coefficient (Wildman–Crippen LogP) is 3.58. The molecule has 5 nitrogen and oxygen atoms in total. The van der Waals surface area contributed by atoms with Crippen LogP contribution in [0, 0.1) is 10.1 Å². The first kappa shape index (κ1) is 15.2. The first-order valence-electron chi connectivity index (χ1n) is 5.23. The fourth-order valence-electron chi connectivity index (χ4n) is 1.70. The average molecular weight is 317 g/mol. The van der Waals surface area contributed by atoms with Crippen molar-refractivity contribution in [2.45, 2.75) is 24.6 Å². The van der Waals surface area contributed by atoms with Gasteiger partial charge in [-0.15, -0.1) is 0 Å². The molecule has 0 radical (unpaired) electrons. The summed E-state index contributed by atoms with van der Waals surface area (Å²) < 4.78 is 84.2. The number of benzene rings is 1. The number of nitro groups is 1. The molecule has 0 amide bonds. The van der Waals surface area contributed by atoms with Crippen LogP contribution in [0.3, 0.4) is 0 Å². The number of nitro benzene ring substituents is 1. The van der Waals surface area contributed by atoms with Crippen LogP contribution < -0.4 is 9.47 Å². The van der Waals surface area contributed by atoms with Gasteiger partial charge in [-0.3, -0.25) is 10.1 Å². The molecule has 0 saturated heterocycles. The summed E-state index contributed by atoms with van der Waals surface area (Å²) in [6.07, 6.45) is -13.1. The van der Waals surface area contributed by atoms with E-state index >= 15 is 0 Å². The third kappa shape index (κ3) is 2.81. The Labute approximate surface area is 112 Å². The third-order valence-electron chi connectivity index (χ3n) is 2.55. The highest BCUT2D eigenvalue weighted by atomic mass is 19.4. The van der Waals surface area contributed by atoms with Crippen LogP contribution in [0.25, 0.3) is 0 Å². The molecule has 11 heteroatoms. The summed E-state index contributed by atoms with van der Waals surface area (Å²) >= 11 is 0. The molecule has 1 aliphatic heterocycles. The van der Waals surface area contributed by atoms with Crippen LogP contribution in [0.2, 0.25) is 0 Å². The zero-order valence-electron chi connectivity index (χ0n) is 9.79. The van der Waals surface area contributed by atoms with Crippen LogP contribution in [0.5, 0.6) is 11.5 Å². The minimum absolute atomic E-state index is 0.569. The molecule has 0 aromatic heterocycles. The summed E-state index contributed by atoms with van der Waals surface area (Å²) in [6, 6.07) is 2.11. The summed E-state index contributed by atoms with van der Waals surface area (Å²) in [4.78, 5) is 9.57. The first-order chi connectivity index (χ1) is 9.44. The Kier molecular flexibility index (Phi) is 3.18. The van der Waals surface area contributed by atoms with Gasteiger partial charge in [0.2, 0.25) is 0 Å². The SMILES string of the molecule is O=[N+]([O-])c1ccc2c(c1)OC(CC(F)(F)F)(C(F)(F)F)O2. The molecule has 0 aliphatic carbocycles. The monoisotopic (exact) mass is 317 g/mol. The fourth-order valence-corrected chi connectivity index (χ4v) is 1.70. The Bertz CT molecular complexity index is 584. The number of rotatable bonds is 2. The van der Waals surface area contributed by atoms with Crippen molar-refractivity contribution < 1.29 is 40.7 Å². The van der Waals surface area contributed by atoms with E-state index in [9.17, 15) is 36.5 Å².